The maximum Gasteiger partial charge on any atom is 0.407 e. The van der Waals surface area contributed by atoms with Crippen molar-refractivity contribution in [2.24, 2.45) is 86.8 Å². The first-order chi connectivity index (χ1) is 44.3. The van der Waals surface area contributed by atoms with Crippen LogP contribution in [0.2, 0.25) is 0 Å². The molecule has 2 N–H and O–H groups in total. The summed E-state index contributed by atoms with van der Waals surface area (Å²) in [7, 11) is 6.64. The summed E-state index contributed by atoms with van der Waals surface area (Å²) in [6.45, 7) is 29.2. The summed E-state index contributed by atoms with van der Waals surface area (Å²) in [4.78, 5) is 56.5. The number of unbranched alkanes of at least 4 members (excludes halogenated alkanes) is 1. The number of esters is 2. The monoisotopic (exact) mass is 1350 g/mol. The molecule has 12 nitrogen and oxygen atoms in total. The molecule has 15 atom stereocenters. The SMILES string of the molecule is CC(C)CCCCC1CCC2C3CC=C4C[C@@H](OC(=O)NCCSSCCOC(=O)CCN(CCC(=O)OCCSSCCNC(=O)O[C@H]5CC[C@@]6(C)C(=CCC7C8CCC([C@H](C)CCCC(C)C)[C@@]8(C)CCC76)C5)CCN5CCCCC5)CC[C@]4(C)C3CC[C@]12C. The molecule has 9 aliphatic rings. The van der Waals surface area contributed by atoms with E-state index in [1.807, 2.05) is 0 Å². The Kier molecular flexibility index (Phi) is 29.0. The van der Waals surface area contributed by atoms with E-state index in [0.717, 1.165) is 141 Å². The van der Waals surface area contributed by atoms with Crippen molar-refractivity contribution in [1.29, 1.82) is 0 Å². The van der Waals surface area contributed by atoms with Crippen molar-refractivity contribution in [1.82, 2.24) is 20.4 Å². The zero-order valence-corrected chi connectivity index (χ0v) is 62.4. The Morgan fingerprint density at radius 2 is 1.08 bits per heavy atom. The topological polar surface area (TPSA) is 136 Å². The number of nitrogens with one attached hydrogen (secondary N) is 2. The highest BCUT2D eigenvalue weighted by molar-refractivity contribution is 8.77. The first-order valence-electron chi connectivity index (χ1n) is 37.8. The lowest BCUT2D eigenvalue weighted by atomic mass is 9.47. The number of carbonyl (C=O) groups excluding carboxylic acids is 4. The third kappa shape index (κ3) is 19.8. The van der Waals surface area contributed by atoms with Gasteiger partial charge in [-0.1, -0.05) is 174 Å². The summed E-state index contributed by atoms with van der Waals surface area (Å²) in [6.07, 6.45) is 37.9. The molecule has 0 spiro atoms. The molecule has 1 aliphatic heterocycles. The van der Waals surface area contributed by atoms with Gasteiger partial charge >= 0.3 is 24.1 Å². The molecule has 1 saturated heterocycles. The number of nitrogens with zero attached hydrogens (tertiary/aromatic N) is 2. The number of amides is 2. The second-order valence-corrected chi connectivity index (χ2v) is 37.8. The van der Waals surface area contributed by atoms with Crippen LogP contribution in [0.15, 0.2) is 23.3 Å². The highest BCUT2D eigenvalue weighted by Gasteiger charge is 2.61. The fraction of sp³-hybridized carbons (Fsp3) is 0.895. The van der Waals surface area contributed by atoms with Gasteiger partial charge in [-0.15, -0.1) is 0 Å². The highest BCUT2D eigenvalue weighted by atomic mass is 33.1. The largest absolute Gasteiger partial charge is 0.465 e. The van der Waals surface area contributed by atoms with Crippen LogP contribution in [-0.2, 0) is 28.5 Å². The van der Waals surface area contributed by atoms with Crippen LogP contribution in [0, 0.1) is 86.8 Å². The second kappa shape index (κ2) is 35.9. The molecule has 0 aromatic rings. The number of alkyl carbamates (subject to hydrolysis) is 2. The summed E-state index contributed by atoms with van der Waals surface area (Å²) in [6, 6.07) is 0. The van der Waals surface area contributed by atoms with Crippen LogP contribution in [0.4, 0.5) is 9.59 Å². The van der Waals surface area contributed by atoms with Crippen molar-refractivity contribution in [3.8, 4) is 0 Å². The Balaban J connectivity index is 0.580. The number of carbonyl (C=O) groups is 4. The fourth-order valence-electron chi connectivity index (χ4n) is 20.8. The molecule has 8 aliphatic carbocycles. The Morgan fingerprint density at radius 1 is 0.565 bits per heavy atom. The number of hydrogen-bond acceptors (Lipinski definition) is 14. The second-order valence-electron chi connectivity index (χ2n) is 32.4. The molecule has 9 rings (SSSR count). The van der Waals surface area contributed by atoms with Gasteiger partial charge in [0.2, 0.25) is 0 Å². The average Bonchev–Trinajstić information content (AvgIpc) is 1.33. The lowest BCUT2D eigenvalue weighted by molar-refractivity contribution is -0.143. The summed E-state index contributed by atoms with van der Waals surface area (Å²) in [5.74, 6) is 11.5. The molecule has 1 heterocycles. The first kappa shape index (κ1) is 74.5. The van der Waals surface area contributed by atoms with E-state index < -0.39 is 0 Å². The lowest BCUT2D eigenvalue weighted by Gasteiger charge is -2.58. The summed E-state index contributed by atoms with van der Waals surface area (Å²) in [5.41, 5.74) is 4.60. The Labute approximate surface area is 575 Å². The summed E-state index contributed by atoms with van der Waals surface area (Å²) < 4.78 is 23.4. The number of rotatable bonds is 35. The van der Waals surface area contributed by atoms with E-state index in [0.29, 0.717) is 61.7 Å². The Bertz CT molecular complexity index is 2410. The minimum atomic E-state index is -0.311. The van der Waals surface area contributed by atoms with Crippen molar-refractivity contribution in [3.05, 3.63) is 23.3 Å². The molecule has 16 heteroatoms. The molecule has 0 radical (unpaired) electrons. The molecule has 8 unspecified atom stereocenters. The first-order valence-corrected chi connectivity index (χ1v) is 42.8. The summed E-state index contributed by atoms with van der Waals surface area (Å²) >= 11 is 0. The minimum absolute atomic E-state index is 0.0530. The van der Waals surface area contributed by atoms with Gasteiger partial charge in [0, 0.05) is 75.1 Å². The van der Waals surface area contributed by atoms with E-state index in [2.05, 4.69) is 94.9 Å². The van der Waals surface area contributed by atoms with Crippen LogP contribution in [0.3, 0.4) is 0 Å². The highest BCUT2D eigenvalue weighted by Crippen LogP contribution is 2.69. The Hall–Kier alpha value is -1.72. The van der Waals surface area contributed by atoms with Gasteiger partial charge in [0.05, 0.1) is 12.8 Å². The number of allylic oxidation sites excluding steroid dienone is 2. The van der Waals surface area contributed by atoms with Gasteiger partial charge in [0.25, 0.3) is 0 Å². The fourth-order valence-corrected chi connectivity index (χ4v) is 24.3. The molecule has 7 fully saturated rings. The van der Waals surface area contributed by atoms with Gasteiger partial charge in [-0.05, 0) is 209 Å². The number of fused-ring (bicyclic) bond motifs is 10. The third-order valence-electron chi connectivity index (χ3n) is 26.0. The van der Waals surface area contributed by atoms with E-state index >= 15 is 0 Å². The van der Waals surface area contributed by atoms with Gasteiger partial charge in [-0.2, -0.15) is 0 Å². The normalized spacial score (nSPS) is 33.7. The molecule has 0 aromatic carbocycles. The predicted molar refractivity (Wildman–Crippen MR) is 386 cm³/mol. The predicted octanol–water partition coefficient (Wildman–Crippen LogP) is 18.4. The van der Waals surface area contributed by atoms with E-state index in [1.54, 1.807) is 54.3 Å². The zero-order valence-electron chi connectivity index (χ0n) is 59.2. The summed E-state index contributed by atoms with van der Waals surface area (Å²) in [5, 5.41) is 6.00. The molecule has 524 valence electrons. The van der Waals surface area contributed by atoms with E-state index in [4.69, 9.17) is 18.9 Å². The van der Waals surface area contributed by atoms with Crippen molar-refractivity contribution >= 4 is 67.3 Å². The Morgan fingerprint density at radius 3 is 1.63 bits per heavy atom. The van der Waals surface area contributed by atoms with Crippen molar-refractivity contribution in [2.45, 2.75) is 254 Å². The molecule has 0 bridgehead atoms. The van der Waals surface area contributed by atoms with E-state index in [1.165, 1.54) is 128 Å². The van der Waals surface area contributed by atoms with Crippen molar-refractivity contribution in [3.63, 3.8) is 0 Å². The smallest absolute Gasteiger partial charge is 0.407 e. The van der Waals surface area contributed by atoms with Gasteiger partial charge in [0.15, 0.2) is 0 Å². The molecule has 6 saturated carbocycles. The van der Waals surface area contributed by atoms with Crippen LogP contribution < -0.4 is 10.6 Å². The zero-order chi connectivity index (χ0) is 65.3. The molecule has 2 amide bonds. The van der Waals surface area contributed by atoms with Crippen molar-refractivity contribution < 1.29 is 38.1 Å². The molecule has 0 aromatic heterocycles. The van der Waals surface area contributed by atoms with E-state index in [9.17, 15) is 19.2 Å². The lowest BCUT2D eigenvalue weighted by Crippen LogP contribution is -2.51. The number of ether oxygens (including phenoxy) is 4. The van der Waals surface area contributed by atoms with Crippen LogP contribution in [0.25, 0.3) is 0 Å². The number of hydrogen-bond donors (Lipinski definition) is 2. The maximum atomic E-state index is 13.0. The van der Waals surface area contributed by atoms with Crippen molar-refractivity contribution in [2.75, 3.05) is 88.6 Å². The number of likely N-dealkylation sites (tertiary alicyclic amines) is 1. The van der Waals surface area contributed by atoms with Crippen LogP contribution >= 0.6 is 43.2 Å². The molecule has 92 heavy (non-hydrogen) atoms. The van der Waals surface area contributed by atoms with Crippen LogP contribution in [0.1, 0.15) is 242 Å². The van der Waals surface area contributed by atoms with Gasteiger partial charge in [0.1, 0.15) is 25.4 Å². The van der Waals surface area contributed by atoms with Crippen LogP contribution in [-0.4, -0.2) is 135 Å². The molecular weight excluding hydrogens is 1230 g/mol. The maximum absolute atomic E-state index is 13.0. The van der Waals surface area contributed by atoms with Gasteiger partial charge in [-0.3, -0.25) is 9.59 Å². The standard InChI is InChI=1S/C76H128N4O8S4/c1-54(2)16-11-12-19-57-22-25-65-62-23-20-58-52-60(28-34-74(58,7)67(62)30-36-73(57,65)6)87-71(83)77-38-48-89-91-50-46-85-69(81)32-42-80(45-44-79-40-13-10-14-41-79)43-33-70(82)86-47-51-92-90-49-39-78-72(84)88-61-29-35-75(8)59(53-61)21-24-63-66-27-26-64(56(5)18-15-17-55(3)4)76(66,9)37-31-68(63)75/h20-21,54-57,60-68H,10-19,22-53H2,1-9H3,(H,77,83)(H,78,84)/t56-,57?,60+,61+,62?,63?,64?,65?,66?,67?,68?,73-,74+,75+,76-/m1/s1. The quantitative estimate of drug-likeness (QED) is 0.0205. The minimum Gasteiger partial charge on any atom is -0.465 e. The average molecular weight is 1350 g/mol. The van der Waals surface area contributed by atoms with Gasteiger partial charge in [-0.25, -0.2) is 9.59 Å². The van der Waals surface area contributed by atoms with Crippen LogP contribution in [0.5, 0.6) is 0 Å². The third-order valence-corrected chi connectivity index (χ3v) is 30.8. The van der Waals surface area contributed by atoms with Gasteiger partial charge < -0.3 is 39.4 Å². The molecular formula is C76H128N4O8S4. The van der Waals surface area contributed by atoms with E-state index in [-0.39, 0.29) is 60.0 Å². The number of piperidine rings is 1.